The summed E-state index contributed by atoms with van der Waals surface area (Å²) in [5.41, 5.74) is 0. The summed E-state index contributed by atoms with van der Waals surface area (Å²) in [7, 11) is 0. The molecule has 0 aromatic heterocycles. The second-order valence-corrected chi connectivity index (χ2v) is 7.82. The lowest BCUT2D eigenvalue weighted by atomic mass is 9.89. The molecule has 0 fully saturated rings. The van der Waals surface area contributed by atoms with Gasteiger partial charge in [0, 0.05) is 6.61 Å². The van der Waals surface area contributed by atoms with Gasteiger partial charge in [0.1, 0.15) is 0 Å². The van der Waals surface area contributed by atoms with E-state index in [2.05, 4.69) is 20.8 Å². The van der Waals surface area contributed by atoms with Gasteiger partial charge < -0.3 is 5.11 Å². The SMILES string of the molecule is CCC(C)C(C)CCCCCCCCCCCCCCCCO. The highest BCUT2D eigenvalue weighted by Crippen LogP contribution is 2.21. The van der Waals surface area contributed by atoms with Gasteiger partial charge in [0.2, 0.25) is 0 Å². The van der Waals surface area contributed by atoms with Gasteiger partial charge in [0.05, 0.1) is 0 Å². The Morgan fingerprint density at radius 3 is 1.22 bits per heavy atom. The summed E-state index contributed by atoms with van der Waals surface area (Å²) in [6.07, 6.45) is 22.1. The summed E-state index contributed by atoms with van der Waals surface area (Å²) in [5.74, 6) is 1.83. The van der Waals surface area contributed by atoms with Gasteiger partial charge in [-0.05, 0) is 18.3 Å². The molecule has 1 nitrogen and oxygen atoms in total. The van der Waals surface area contributed by atoms with E-state index in [1.54, 1.807) is 0 Å². The van der Waals surface area contributed by atoms with Crippen molar-refractivity contribution in [2.75, 3.05) is 6.61 Å². The Balaban J connectivity index is 3.08. The molecule has 2 unspecified atom stereocenters. The smallest absolute Gasteiger partial charge is 0.0431 e. The Kier molecular flexibility index (Phi) is 18.3. The van der Waals surface area contributed by atoms with E-state index in [4.69, 9.17) is 5.11 Å². The zero-order valence-corrected chi connectivity index (χ0v) is 16.6. The van der Waals surface area contributed by atoms with Crippen LogP contribution in [-0.2, 0) is 0 Å². The van der Waals surface area contributed by atoms with Crippen molar-refractivity contribution in [3.63, 3.8) is 0 Å². The van der Waals surface area contributed by atoms with E-state index < -0.39 is 0 Å². The van der Waals surface area contributed by atoms with Crippen LogP contribution in [0.2, 0.25) is 0 Å². The molecule has 0 spiro atoms. The summed E-state index contributed by atoms with van der Waals surface area (Å²) in [4.78, 5) is 0. The van der Waals surface area contributed by atoms with Crippen LogP contribution in [-0.4, -0.2) is 11.7 Å². The van der Waals surface area contributed by atoms with E-state index >= 15 is 0 Å². The van der Waals surface area contributed by atoms with E-state index in [0.29, 0.717) is 6.61 Å². The third-order valence-electron chi connectivity index (χ3n) is 5.68. The fourth-order valence-corrected chi connectivity index (χ4v) is 3.39. The molecule has 23 heavy (non-hydrogen) atoms. The van der Waals surface area contributed by atoms with Crippen LogP contribution in [0.1, 0.15) is 124 Å². The topological polar surface area (TPSA) is 20.2 Å². The third-order valence-corrected chi connectivity index (χ3v) is 5.68. The van der Waals surface area contributed by atoms with E-state index in [1.807, 2.05) is 0 Å². The first-order valence-corrected chi connectivity index (χ1v) is 10.8. The minimum Gasteiger partial charge on any atom is -0.396 e. The van der Waals surface area contributed by atoms with Gasteiger partial charge in [-0.25, -0.2) is 0 Å². The first-order chi connectivity index (χ1) is 11.2. The van der Waals surface area contributed by atoms with Crippen LogP contribution < -0.4 is 0 Å². The number of aliphatic hydroxyl groups excluding tert-OH is 1. The Morgan fingerprint density at radius 2 is 0.870 bits per heavy atom. The van der Waals surface area contributed by atoms with Crippen LogP contribution >= 0.6 is 0 Å². The van der Waals surface area contributed by atoms with Gasteiger partial charge in [-0.3, -0.25) is 0 Å². The fourth-order valence-electron chi connectivity index (χ4n) is 3.39. The molecule has 0 aromatic carbocycles. The van der Waals surface area contributed by atoms with Gasteiger partial charge >= 0.3 is 0 Å². The third kappa shape index (κ3) is 16.6. The minimum absolute atomic E-state index is 0.372. The summed E-state index contributed by atoms with van der Waals surface area (Å²) in [6, 6.07) is 0. The van der Waals surface area contributed by atoms with Gasteiger partial charge in [0.25, 0.3) is 0 Å². The molecular formula is C22H46O. The summed E-state index contributed by atoms with van der Waals surface area (Å²) in [5, 5.41) is 8.71. The van der Waals surface area contributed by atoms with Gasteiger partial charge in [-0.2, -0.15) is 0 Å². The van der Waals surface area contributed by atoms with Crippen molar-refractivity contribution < 1.29 is 5.11 Å². The predicted molar refractivity (Wildman–Crippen MR) is 105 cm³/mol. The Bertz CT molecular complexity index is 214. The second-order valence-electron chi connectivity index (χ2n) is 7.82. The molecule has 0 saturated carbocycles. The van der Waals surface area contributed by atoms with Crippen LogP contribution in [0.4, 0.5) is 0 Å². The second kappa shape index (κ2) is 18.3. The molecule has 0 bridgehead atoms. The van der Waals surface area contributed by atoms with Crippen molar-refractivity contribution in [2.24, 2.45) is 11.8 Å². The average molecular weight is 327 g/mol. The van der Waals surface area contributed by atoms with E-state index in [1.165, 1.54) is 96.3 Å². The average Bonchev–Trinajstić information content (AvgIpc) is 2.57. The highest BCUT2D eigenvalue weighted by molar-refractivity contribution is 4.60. The van der Waals surface area contributed by atoms with Gasteiger partial charge in [0.15, 0.2) is 0 Å². The monoisotopic (exact) mass is 326 g/mol. The van der Waals surface area contributed by atoms with Crippen molar-refractivity contribution in [3.8, 4) is 0 Å². The van der Waals surface area contributed by atoms with Crippen molar-refractivity contribution in [1.29, 1.82) is 0 Å². The lowest BCUT2D eigenvalue weighted by Gasteiger charge is -2.17. The lowest BCUT2D eigenvalue weighted by Crippen LogP contribution is -2.06. The normalized spacial score (nSPS) is 14.1. The highest BCUT2D eigenvalue weighted by atomic mass is 16.2. The first kappa shape index (κ1) is 23.0. The molecule has 2 atom stereocenters. The molecule has 0 rings (SSSR count). The zero-order chi connectivity index (χ0) is 17.2. The van der Waals surface area contributed by atoms with Crippen LogP contribution in [0, 0.1) is 11.8 Å². The molecule has 0 saturated heterocycles. The standard InChI is InChI=1S/C22H46O/c1-4-21(2)22(3)19-17-15-13-11-9-7-5-6-8-10-12-14-16-18-20-23/h21-23H,4-20H2,1-3H3. The summed E-state index contributed by atoms with van der Waals surface area (Å²) in [6.45, 7) is 7.52. The first-order valence-electron chi connectivity index (χ1n) is 10.8. The van der Waals surface area contributed by atoms with Crippen molar-refractivity contribution in [3.05, 3.63) is 0 Å². The number of aliphatic hydroxyl groups is 1. The van der Waals surface area contributed by atoms with Gasteiger partial charge in [-0.1, -0.05) is 117 Å². The molecule has 0 aliphatic carbocycles. The maximum atomic E-state index is 8.71. The maximum absolute atomic E-state index is 8.71. The highest BCUT2D eigenvalue weighted by Gasteiger charge is 2.08. The van der Waals surface area contributed by atoms with Crippen LogP contribution in [0.5, 0.6) is 0 Å². The molecule has 0 amide bonds. The number of hydrogen-bond donors (Lipinski definition) is 1. The zero-order valence-electron chi connectivity index (χ0n) is 16.6. The van der Waals surface area contributed by atoms with Crippen molar-refractivity contribution in [1.82, 2.24) is 0 Å². The number of unbranched alkanes of at least 4 members (excludes halogenated alkanes) is 13. The van der Waals surface area contributed by atoms with Crippen molar-refractivity contribution in [2.45, 2.75) is 124 Å². The molecule has 0 aliphatic heterocycles. The summed E-state index contributed by atoms with van der Waals surface area (Å²) >= 11 is 0. The predicted octanol–water partition coefficient (Wildman–Crippen LogP) is 7.51. The van der Waals surface area contributed by atoms with E-state index in [0.717, 1.165) is 18.3 Å². The Morgan fingerprint density at radius 1 is 0.522 bits per heavy atom. The lowest BCUT2D eigenvalue weighted by molar-refractivity contribution is 0.282. The molecule has 0 aromatic rings. The molecule has 0 radical (unpaired) electrons. The minimum atomic E-state index is 0.372. The Labute approximate surface area is 147 Å². The molecular weight excluding hydrogens is 280 g/mol. The van der Waals surface area contributed by atoms with Gasteiger partial charge in [-0.15, -0.1) is 0 Å². The van der Waals surface area contributed by atoms with E-state index in [-0.39, 0.29) is 0 Å². The molecule has 0 aliphatic rings. The maximum Gasteiger partial charge on any atom is 0.0431 e. The summed E-state index contributed by atoms with van der Waals surface area (Å²) < 4.78 is 0. The van der Waals surface area contributed by atoms with Crippen molar-refractivity contribution >= 4 is 0 Å². The Hall–Kier alpha value is -0.0400. The van der Waals surface area contributed by atoms with Crippen LogP contribution in [0.15, 0.2) is 0 Å². The quantitative estimate of drug-likeness (QED) is 0.258. The van der Waals surface area contributed by atoms with E-state index in [9.17, 15) is 0 Å². The van der Waals surface area contributed by atoms with Crippen LogP contribution in [0.25, 0.3) is 0 Å². The number of rotatable bonds is 18. The number of hydrogen-bond acceptors (Lipinski definition) is 1. The molecule has 1 heteroatoms. The molecule has 140 valence electrons. The largest absolute Gasteiger partial charge is 0.396 e. The fraction of sp³-hybridized carbons (Fsp3) is 1.00. The van der Waals surface area contributed by atoms with Crippen LogP contribution in [0.3, 0.4) is 0 Å². The molecule has 0 heterocycles. The molecule has 1 N–H and O–H groups in total.